The molecule has 0 aromatic carbocycles. The number of hydrogen-bond acceptors (Lipinski definition) is 5. The second-order valence-electron chi connectivity index (χ2n) is 4.01. The predicted octanol–water partition coefficient (Wildman–Crippen LogP) is 0.786. The Morgan fingerprint density at radius 1 is 1.25 bits per heavy atom. The second kappa shape index (κ2) is 5.34. The number of hydroxylamine groups is 2. The van der Waals surface area contributed by atoms with E-state index in [1.807, 2.05) is 0 Å². The second-order valence-corrected chi connectivity index (χ2v) is 4.01. The van der Waals surface area contributed by atoms with Gasteiger partial charge < -0.3 is 14.7 Å². The number of ether oxygens (including phenoxy) is 1. The lowest BCUT2D eigenvalue weighted by Crippen LogP contribution is -2.36. The molecule has 0 bridgehead atoms. The molecule has 0 saturated heterocycles. The number of aliphatic carboxylic acids is 1. The van der Waals surface area contributed by atoms with Gasteiger partial charge in [0.05, 0.1) is 7.05 Å². The Morgan fingerprint density at radius 3 is 2.12 bits per heavy atom. The number of hydrogen-bond donors (Lipinski definition) is 1. The normalized spacial score (nSPS) is 10.5. The van der Waals surface area contributed by atoms with Crippen LogP contribution in [0.2, 0.25) is 0 Å². The van der Waals surface area contributed by atoms with E-state index in [4.69, 9.17) is 9.84 Å². The fourth-order valence-corrected chi connectivity index (χ4v) is 0.672. The number of nitrogens with zero attached hydrogens (tertiary/aromatic N) is 1. The summed E-state index contributed by atoms with van der Waals surface area (Å²) in [7, 11) is 1.16. The van der Waals surface area contributed by atoms with Gasteiger partial charge >= 0.3 is 18.0 Å². The predicted molar refractivity (Wildman–Crippen MR) is 52.3 cm³/mol. The van der Waals surface area contributed by atoms with Gasteiger partial charge in [0.2, 0.25) is 0 Å². The van der Waals surface area contributed by atoms with Crippen molar-refractivity contribution >= 4 is 18.0 Å². The molecule has 0 heterocycles. The summed E-state index contributed by atoms with van der Waals surface area (Å²) in [5.41, 5.74) is -0.718. The molecule has 0 aliphatic heterocycles. The molecule has 92 valence electrons. The summed E-state index contributed by atoms with van der Waals surface area (Å²) in [5, 5.41) is 8.84. The average molecular weight is 233 g/mol. The molecular formula is C9H15NO6. The van der Waals surface area contributed by atoms with Crippen LogP contribution in [0.1, 0.15) is 27.2 Å². The summed E-state index contributed by atoms with van der Waals surface area (Å²) >= 11 is 0. The molecule has 7 heteroatoms. The maximum atomic E-state index is 11.3. The van der Waals surface area contributed by atoms with E-state index in [2.05, 4.69) is 4.84 Å². The van der Waals surface area contributed by atoms with Crippen molar-refractivity contribution in [3.63, 3.8) is 0 Å². The average Bonchev–Trinajstić information content (AvgIpc) is 1.98. The van der Waals surface area contributed by atoms with Crippen LogP contribution < -0.4 is 0 Å². The zero-order valence-corrected chi connectivity index (χ0v) is 9.64. The van der Waals surface area contributed by atoms with Gasteiger partial charge in [-0.3, -0.25) is 4.79 Å². The van der Waals surface area contributed by atoms with Gasteiger partial charge in [0.15, 0.2) is 0 Å². The van der Waals surface area contributed by atoms with E-state index >= 15 is 0 Å². The largest absolute Gasteiger partial charge is 0.481 e. The van der Waals surface area contributed by atoms with E-state index in [-0.39, 0.29) is 0 Å². The molecule has 1 amide bonds. The first-order valence-electron chi connectivity index (χ1n) is 4.51. The summed E-state index contributed by atoms with van der Waals surface area (Å²) < 4.78 is 4.87. The van der Waals surface area contributed by atoms with Gasteiger partial charge in [-0.15, -0.1) is 5.06 Å². The molecule has 0 spiro atoms. The minimum atomic E-state index is -1.33. The van der Waals surface area contributed by atoms with Crippen molar-refractivity contribution in [1.29, 1.82) is 0 Å². The number of carboxylic acid groups (broad SMARTS) is 1. The number of carbonyl (C=O) groups is 3. The van der Waals surface area contributed by atoms with Crippen LogP contribution in [0, 0.1) is 0 Å². The van der Waals surface area contributed by atoms with Gasteiger partial charge in [-0.25, -0.2) is 9.59 Å². The van der Waals surface area contributed by atoms with E-state index in [9.17, 15) is 14.4 Å². The van der Waals surface area contributed by atoms with Crippen LogP contribution in [0.25, 0.3) is 0 Å². The molecule has 0 fully saturated rings. The first-order chi connectivity index (χ1) is 7.11. The smallest absolute Gasteiger partial charge is 0.443 e. The molecule has 7 nitrogen and oxygen atoms in total. The Bertz CT molecular complexity index is 293. The van der Waals surface area contributed by atoms with Crippen LogP contribution in [-0.4, -0.2) is 40.9 Å². The van der Waals surface area contributed by atoms with Crippen LogP contribution in [-0.2, 0) is 19.2 Å². The third-order valence-corrected chi connectivity index (χ3v) is 1.18. The Balaban J connectivity index is 4.16. The summed E-state index contributed by atoms with van der Waals surface area (Å²) in [6.45, 7) is 4.95. The molecule has 1 N–H and O–H groups in total. The minimum Gasteiger partial charge on any atom is -0.481 e. The van der Waals surface area contributed by atoms with E-state index in [0.717, 1.165) is 7.05 Å². The fourth-order valence-electron chi connectivity index (χ4n) is 0.672. The Kier molecular flexibility index (Phi) is 4.74. The van der Waals surface area contributed by atoms with Gasteiger partial charge in [0, 0.05) is 0 Å². The molecule has 0 aromatic rings. The van der Waals surface area contributed by atoms with Crippen LogP contribution >= 0.6 is 0 Å². The van der Waals surface area contributed by atoms with Gasteiger partial charge in [0.1, 0.15) is 12.0 Å². The highest BCUT2D eigenvalue weighted by Crippen LogP contribution is 2.09. The summed E-state index contributed by atoms with van der Waals surface area (Å²) in [5.74, 6) is -2.37. The van der Waals surface area contributed by atoms with Crippen LogP contribution in [0.5, 0.6) is 0 Å². The maximum absolute atomic E-state index is 11.3. The van der Waals surface area contributed by atoms with E-state index in [0.29, 0.717) is 5.06 Å². The van der Waals surface area contributed by atoms with E-state index in [1.54, 1.807) is 20.8 Å². The first kappa shape index (κ1) is 14.2. The van der Waals surface area contributed by atoms with Gasteiger partial charge in [-0.1, -0.05) is 0 Å². The summed E-state index contributed by atoms with van der Waals surface area (Å²) in [4.78, 5) is 36.7. The van der Waals surface area contributed by atoms with Crippen molar-refractivity contribution in [2.75, 3.05) is 7.05 Å². The molecule has 0 aliphatic carbocycles. The molecule has 0 radical (unpaired) electrons. The zero-order chi connectivity index (χ0) is 12.9. The van der Waals surface area contributed by atoms with Crippen molar-refractivity contribution < 1.29 is 29.1 Å². The molecule has 0 atom stereocenters. The van der Waals surface area contributed by atoms with Crippen molar-refractivity contribution in [2.45, 2.75) is 32.8 Å². The molecule has 0 rings (SSSR count). The lowest BCUT2D eigenvalue weighted by atomic mass is 10.2. The molecule has 0 unspecified atom stereocenters. The SMILES string of the molecule is CN(OC(=O)CC(=O)O)C(=O)OC(C)(C)C. The summed E-state index contributed by atoms with van der Waals surface area (Å²) in [6, 6.07) is 0. The lowest BCUT2D eigenvalue weighted by Gasteiger charge is -2.23. The molecule has 0 aromatic heterocycles. The van der Waals surface area contributed by atoms with Gasteiger partial charge in [-0.2, -0.15) is 0 Å². The topological polar surface area (TPSA) is 93.1 Å². The van der Waals surface area contributed by atoms with Crippen LogP contribution in [0.4, 0.5) is 4.79 Å². The van der Waals surface area contributed by atoms with Crippen molar-refractivity contribution in [3.05, 3.63) is 0 Å². The Labute approximate surface area is 92.9 Å². The molecular weight excluding hydrogens is 218 g/mol. The number of rotatable bonds is 2. The third-order valence-electron chi connectivity index (χ3n) is 1.18. The van der Waals surface area contributed by atoms with E-state index in [1.165, 1.54) is 0 Å². The number of carboxylic acids is 1. The monoisotopic (exact) mass is 233 g/mol. The highest BCUT2D eigenvalue weighted by atomic mass is 16.8. The van der Waals surface area contributed by atoms with Gasteiger partial charge in [0.25, 0.3) is 0 Å². The number of carbonyl (C=O) groups excluding carboxylic acids is 2. The van der Waals surface area contributed by atoms with Crippen molar-refractivity contribution in [1.82, 2.24) is 5.06 Å². The molecule has 0 aliphatic rings. The quantitative estimate of drug-likeness (QED) is 0.559. The Morgan fingerprint density at radius 2 is 1.75 bits per heavy atom. The highest BCUT2D eigenvalue weighted by molar-refractivity contribution is 5.90. The first-order valence-corrected chi connectivity index (χ1v) is 4.51. The van der Waals surface area contributed by atoms with Crippen LogP contribution in [0.15, 0.2) is 0 Å². The van der Waals surface area contributed by atoms with E-state index < -0.39 is 30.1 Å². The van der Waals surface area contributed by atoms with Gasteiger partial charge in [-0.05, 0) is 20.8 Å². The lowest BCUT2D eigenvalue weighted by molar-refractivity contribution is -0.181. The third kappa shape index (κ3) is 6.63. The molecule has 16 heavy (non-hydrogen) atoms. The highest BCUT2D eigenvalue weighted by Gasteiger charge is 2.22. The van der Waals surface area contributed by atoms with Crippen molar-refractivity contribution in [2.24, 2.45) is 0 Å². The summed E-state index contributed by atoms with van der Waals surface area (Å²) in [6.07, 6.45) is -1.68. The minimum absolute atomic E-state index is 0.552. The van der Waals surface area contributed by atoms with Crippen LogP contribution in [0.3, 0.4) is 0 Å². The fraction of sp³-hybridized carbons (Fsp3) is 0.667. The zero-order valence-electron chi connectivity index (χ0n) is 9.64. The molecule has 0 saturated carbocycles. The van der Waals surface area contributed by atoms with Crippen molar-refractivity contribution in [3.8, 4) is 0 Å². The standard InChI is InChI=1S/C9H15NO6/c1-9(2,3)15-8(14)10(4)16-7(13)5-6(11)12/h5H2,1-4H3,(H,11,12). The number of amides is 1. The maximum Gasteiger partial charge on any atom is 0.443 e. The Hall–Kier alpha value is -1.79.